The number of hydrogen-bond acceptors (Lipinski definition) is 6. The molecule has 0 spiro atoms. The number of benzene rings is 1. The molecule has 1 heterocycles. The first-order valence-electron chi connectivity index (χ1n) is 7.35. The van der Waals surface area contributed by atoms with Gasteiger partial charge >= 0.3 is 0 Å². The zero-order valence-corrected chi connectivity index (χ0v) is 13.0. The quantitative estimate of drug-likeness (QED) is 0.655. The van der Waals surface area contributed by atoms with Crippen LogP contribution in [0.25, 0.3) is 0 Å². The third-order valence-electron chi connectivity index (χ3n) is 3.86. The Morgan fingerprint density at radius 1 is 1.41 bits per heavy atom. The molecule has 2 rings (SSSR count). The number of nitrogens with one attached hydrogen (secondary N) is 1. The van der Waals surface area contributed by atoms with Crippen LogP contribution in [0, 0.1) is 21.4 Å². The van der Waals surface area contributed by atoms with Gasteiger partial charge in [-0.3, -0.25) is 15.0 Å². The Morgan fingerprint density at radius 3 is 2.68 bits per heavy atom. The summed E-state index contributed by atoms with van der Waals surface area (Å²) >= 11 is 0. The van der Waals surface area contributed by atoms with Crippen molar-refractivity contribution in [3.05, 3.63) is 33.9 Å². The number of rotatable bonds is 5. The minimum absolute atomic E-state index is 0.0613. The molecule has 1 N–H and O–H groups in total. The van der Waals surface area contributed by atoms with Crippen LogP contribution in [-0.4, -0.2) is 60.5 Å². The molecule has 1 aromatic rings. The number of non-ortho nitro benzene ring substituents is 1. The van der Waals surface area contributed by atoms with E-state index in [2.05, 4.69) is 29.1 Å². The van der Waals surface area contributed by atoms with Gasteiger partial charge in [-0.1, -0.05) is 0 Å². The summed E-state index contributed by atoms with van der Waals surface area (Å²) in [5, 5.41) is 23.2. The Kier molecular flexibility index (Phi) is 5.31. The first-order chi connectivity index (χ1) is 10.5. The van der Waals surface area contributed by atoms with E-state index in [-0.39, 0.29) is 11.7 Å². The van der Waals surface area contributed by atoms with Crippen molar-refractivity contribution in [3.8, 4) is 6.07 Å². The summed E-state index contributed by atoms with van der Waals surface area (Å²) in [4.78, 5) is 15.0. The maximum absolute atomic E-state index is 10.8. The fraction of sp³-hybridized carbons (Fsp3) is 0.533. The topological polar surface area (TPSA) is 85.4 Å². The summed E-state index contributed by atoms with van der Waals surface area (Å²) in [5.41, 5.74) is 0.892. The second-order valence-corrected chi connectivity index (χ2v) is 5.75. The van der Waals surface area contributed by atoms with Crippen LogP contribution < -0.4 is 5.32 Å². The molecule has 7 heteroatoms. The lowest BCUT2D eigenvalue weighted by atomic mass is 10.1. The zero-order valence-electron chi connectivity index (χ0n) is 13.0. The number of nitrogens with zero attached hydrogens (tertiary/aromatic N) is 4. The molecule has 1 atom stereocenters. The van der Waals surface area contributed by atoms with Crippen molar-refractivity contribution in [2.75, 3.05) is 45.1 Å². The fourth-order valence-corrected chi connectivity index (χ4v) is 2.59. The number of hydrogen-bond donors (Lipinski definition) is 1. The molecule has 1 aliphatic rings. The van der Waals surface area contributed by atoms with Crippen LogP contribution in [0.5, 0.6) is 0 Å². The number of piperazine rings is 1. The molecule has 1 aromatic carbocycles. The van der Waals surface area contributed by atoms with Crippen LogP contribution in [0.15, 0.2) is 18.2 Å². The van der Waals surface area contributed by atoms with Gasteiger partial charge in [0, 0.05) is 50.9 Å². The Morgan fingerprint density at radius 2 is 2.09 bits per heavy atom. The molecule has 1 aliphatic heterocycles. The molecule has 0 aromatic heterocycles. The van der Waals surface area contributed by atoms with Crippen molar-refractivity contribution < 1.29 is 4.92 Å². The number of likely N-dealkylation sites (N-methyl/N-ethyl adjacent to an activating group) is 1. The lowest BCUT2D eigenvalue weighted by molar-refractivity contribution is -0.384. The number of nitro groups is 1. The highest BCUT2D eigenvalue weighted by Crippen LogP contribution is 2.22. The van der Waals surface area contributed by atoms with Crippen LogP contribution in [0.3, 0.4) is 0 Å². The summed E-state index contributed by atoms with van der Waals surface area (Å²) in [6.45, 7) is 7.14. The minimum atomic E-state index is -0.488. The van der Waals surface area contributed by atoms with Crippen molar-refractivity contribution >= 4 is 11.4 Å². The monoisotopic (exact) mass is 303 g/mol. The largest absolute Gasteiger partial charge is 0.380 e. The molecule has 0 amide bonds. The molecular weight excluding hydrogens is 282 g/mol. The normalized spacial score (nSPS) is 17.7. The molecule has 118 valence electrons. The average Bonchev–Trinajstić information content (AvgIpc) is 2.49. The zero-order chi connectivity index (χ0) is 16.1. The minimum Gasteiger partial charge on any atom is -0.380 e. The highest BCUT2D eigenvalue weighted by molar-refractivity contribution is 5.61. The molecule has 0 bridgehead atoms. The Hall–Kier alpha value is -2.17. The summed E-state index contributed by atoms with van der Waals surface area (Å²) < 4.78 is 0. The van der Waals surface area contributed by atoms with Crippen molar-refractivity contribution in [1.29, 1.82) is 5.26 Å². The first-order valence-corrected chi connectivity index (χ1v) is 7.35. The van der Waals surface area contributed by atoms with Gasteiger partial charge in [-0.05, 0) is 20.0 Å². The summed E-state index contributed by atoms with van der Waals surface area (Å²) in [7, 11) is 2.12. The number of nitriles is 1. The second kappa shape index (κ2) is 7.20. The van der Waals surface area contributed by atoms with Crippen LogP contribution in [-0.2, 0) is 0 Å². The van der Waals surface area contributed by atoms with E-state index < -0.39 is 4.92 Å². The average molecular weight is 303 g/mol. The van der Waals surface area contributed by atoms with E-state index in [4.69, 9.17) is 5.26 Å². The molecule has 7 nitrogen and oxygen atoms in total. The third kappa shape index (κ3) is 4.16. The van der Waals surface area contributed by atoms with Crippen LogP contribution >= 0.6 is 0 Å². The maximum Gasteiger partial charge on any atom is 0.270 e. The van der Waals surface area contributed by atoms with Gasteiger partial charge in [-0.25, -0.2) is 0 Å². The summed E-state index contributed by atoms with van der Waals surface area (Å²) in [6.07, 6.45) is 0. The Balaban J connectivity index is 1.98. The van der Waals surface area contributed by atoms with E-state index in [9.17, 15) is 10.1 Å². The van der Waals surface area contributed by atoms with Crippen molar-refractivity contribution in [3.63, 3.8) is 0 Å². The van der Waals surface area contributed by atoms with Crippen LogP contribution in [0.1, 0.15) is 12.5 Å². The molecular formula is C15H21N5O2. The number of nitro benzene ring substituents is 1. The van der Waals surface area contributed by atoms with Gasteiger partial charge in [-0.15, -0.1) is 0 Å². The predicted octanol–water partition coefficient (Wildman–Crippen LogP) is 1.51. The van der Waals surface area contributed by atoms with Gasteiger partial charge in [-0.2, -0.15) is 5.26 Å². The summed E-state index contributed by atoms with van der Waals surface area (Å²) in [6, 6.07) is 6.52. The molecule has 1 saturated heterocycles. The Labute approximate surface area is 130 Å². The maximum atomic E-state index is 10.8. The van der Waals surface area contributed by atoms with Gasteiger partial charge in [0.15, 0.2) is 0 Å². The van der Waals surface area contributed by atoms with E-state index in [0.29, 0.717) is 11.3 Å². The van der Waals surface area contributed by atoms with Crippen molar-refractivity contribution in [2.24, 2.45) is 0 Å². The van der Waals surface area contributed by atoms with E-state index in [1.54, 1.807) is 6.07 Å². The lowest BCUT2D eigenvalue weighted by Crippen LogP contribution is -2.47. The van der Waals surface area contributed by atoms with Crippen molar-refractivity contribution in [2.45, 2.75) is 13.0 Å². The highest BCUT2D eigenvalue weighted by Gasteiger charge is 2.17. The molecule has 0 aliphatic carbocycles. The highest BCUT2D eigenvalue weighted by atomic mass is 16.6. The van der Waals surface area contributed by atoms with Gasteiger partial charge in [0.05, 0.1) is 16.2 Å². The van der Waals surface area contributed by atoms with Crippen LogP contribution in [0.4, 0.5) is 11.4 Å². The fourth-order valence-electron chi connectivity index (χ4n) is 2.59. The van der Waals surface area contributed by atoms with Crippen molar-refractivity contribution in [1.82, 2.24) is 9.80 Å². The van der Waals surface area contributed by atoms with Gasteiger partial charge < -0.3 is 10.2 Å². The smallest absolute Gasteiger partial charge is 0.270 e. The molecule has 0 saturated carbocycles. The standard InChI is InChI=1S/C15H21N5O2/c1-12(11-19-7-5-18(2)6-8-19)17-15-4-3-14(20(21)22)9-13(15)10-16/h3-4,9,12,17H,5-8,11H2,1-2H3. The predicted molar refractivity (Wildman–Crippen MR) is 84.8 cm³/mol. The van der Waals surface area contributed by atoms with E-state index in [1.165, 1.54) is 12.1 Å². The Bertz CT molecular complexity index is 576. The SMILES string of the molecule is CC(CN1CCN(C)CC1)Nc1ccc([N+](=O)[O-])cc1C#N. The van der Waals surface area contributed by atoms with Gasteiger partial charge in [0.1, 0.15) is 6.07 Å². The lowest BCUT2D eigenvalue weighted by Gasteiger charge is -2.34. The van der Waals surface area contributed by atoms with Gasteiger partial charge in [0.2, 0.25) is 0 Å². The molecule has 0 radical (unpaired) electrons. The molecule has 1 fully saturated rings. The van der Waals surface area contributed by atoms with Crippen LogP contribution in [0.2, 0.25) is 0 Å². The van der Waals surface area contributed by atoms with Gasteiger partial charge in [0.25, 0.3) is 5.69 Å². The van der Waals surface area contributed by atoms with E-state index >= 15 is 0 Å². The molecule has 1 unspecified atom stereocenters. The van der Waals surface area contributed by atoms with E-state index in [1.807, 2.05) is 6.07 Å². The summed E-state index contributed by atoms with van der Waals surface area (Å²) in [5.74, 6) is 0. The first kappa shape index (κ1) is 16.2. The third-order valence-corrected chi connectivity index (χ3v) is 3.86. The van der Waals surface area contributed by atoms with E-state index in [0.717, 1.165) is 32.7 Å². The number of anilines is 1. The molecule has 22 heavy (non-hydrogen) atoms. The second-order valence-electron chi connectivity index (χ2n) is 5.75.